The Morgan fingerprint density at radius 3 is 2.71 bits per heavy atom. The van der Waals surface area contributed by atoms with E-state index in [1.807, 2.05) is 25.3 Å². The number of pyridine rings is 1. The van der Waals surface area contributed by atoms with Crippen molar-refractivity contribution in [3.63, 3.8) is 0 Å². The van der Waals surface area contributed by atoms with Crippen molar-refractivity contribution in [3.8, 4) is 0 Å². The molecule has 0 spiro atoms. The molecule has 1 aliphatic heterocycles. The molecule has 0 aliphatic carbocycles. The highest BCUT2D eigenvalue weighted by Gasteiger charge is 2.23. The summed E-state index contributed by atoms with van der Waals surface area (Å²) < 4.78 is 1.78. The fraction of sp³-hybridized carbons (Fsp3) is 0.500. The normalized spacial score (nSPS) is 16.2. The van der Waals surface area contributed by atoms with E-state index in [1.54, 1.807) is 23.0 Å². The van der Waals surface area contributed by atoms with Gasteiger partial charge >= 0.3 is 0 Å². The average Bonchev–Trinajstić information content (AvgIpc) is 2.61. The maximum atomic E-state index is 11.7. The highest BCUT2D eigenvalue weighted by molar-refractivity contribution is 5.39. The van der Waals surface area contributed by atoms with Gasteiger partial charge in [-0.3, -0.25) is 4.79 Å². The van der Waals surface area contributed by atoms with Crippen molar-refractivity contribution in [2.75, 3.05) is 31.6 Å². The Balaban J connectivity index is 1.50. The van der Waals surface area contributed by atoms with Gasteiger partial charge in [-0.25, -0.2) is 9.97 Å². The molecule has 0 N–H and O–H groups in total. The van der Waals surface area contributed by atoms with Crippen molar-refractivity contribution < 1.29 is 0 Å². The zero-order valence-corrected chi connectivity index (χ0v) is 14.4. The molecule has 3 heterocycles. The second-order valence-electron chi connectivity index (χ2n) is 6.43. The topological polar surface area (TPSA) is 54.3 Å². The summed E-state index contributed by atoms with van der Waals surface area (Å²) in [6, 6.07) is 7.86. The zero-order chi connectivity index (χ0) is 16.9. The van der Waals surface area contributed by atoms with Crippen LogP contribution in [0.3, 0.4) is 0 Å². The van der Waals surface area contributed by atoms with Crippen LogP contribution in [0.15, 0.2) is 41.6 Å². The lowest BCUT2D eigenvalue weighted by Gasteiger charge is -2.37. The van der Waals surface area contributed by atoms with Crippen molar-refractivity contribution in [1.82, 2.24) is 19.4 Å². The van der Waals surface area contributed by atoms with Crippen LogP contribution < -0.4 is 10.5 Å². The van der Waals surface area contributed by atoms with Crippen molar-refractivity contribution in [2.24, 2.45) is 0 Å². The minimum Gasteiger partial charge on any atom is -0.356 e. The lowest BCUT2D eigenvalue weighted by molar-refractivity contribution is 0.203. The third-order valence-corrected chi connectivity index (χ3v) is 4.81. The Kier molecular flexibility index (Phi) is 5.25. The number of anilines is 1. The average molecular weight is 327 g/mol. The Labute approximate surface area is 142 Å². The minimum absolute atomic E-state index is 0.0752. The van der Waals surface area contributed by atoms with Gasteiger partial charge in [0.1, 0.15) is 12.1 Å². The zero-order valence-electron chi connectivity index (χ0n) is 14.4. The van der Waals surface area contributed by atoms with Gasteiger partial charge in [0.2, 0.25) is 0 Å². The number of likely N-dealkylation sites (tertiary alicyclic amines) is 1. The first-order chi connectivity index (χ1) is 11.6. The third-order valence-electron chi connectivity index (χ3n) is 4.81. The number of hydrogen-bond acceptors (Lipinski definition) is 5. The Hall–Kier alpha value is -2.21. The monoisotopic (exact) mass is 327 g/mol. The van der Waals surface area contributed by atoms with Crippen LogP contribution in [0.5, 0.6) is 0 Å². The molecule has 3 rings (SSSR count). The molecule has 128 valence electrons. The number of rotatable bonds is 5. The predicted molar refractivity (Wildman–Crippen MR) is 95.3 cm³/mol. The highest BCUT2D eigenvalue weighted by Crippen LogP contribution is 2.20. The molecule has 6 heteroatoms. The van der Waals surface area contributed by atoms with Crippen LogP contribution in [-0.4, -0.2) is 52.2 Å². The first kappa shape index (κ1) is 16.6. The smallest absolute Gasteiger partial charge is 0.250 e. The quantitative estimate of drug-likeness (QED) is 0.834. The third kappa shape index (κ3) is 4.00. The minimum atomic E-state index is 0.0752. The molecular weight excluding hydrogens is 302 g/mol. The molecule has 0 radical (unpaired) electrons. The van der Waals surface area contributed by atoms with Crippen LogP contribution >= 0.6 is 0 Å². The van der Waals surface area contributed by atoms with Gasteiger partial charge in [-0.1, -0.05) is 6.07 Å². The summed E-state index contributed by atoms with van der Waals surface area (Å²) in [6.07, 6.45) is 5.72. The number of nitrogens with zero attached hydrogens (tertiary/aromatic N) is 5. The van der Waals surface area contributed by atoms with Gasteiger partial charge in [0.05, 0.1) is 0 Å². The van der Waals surface area contributed by atoms with E-state index in [-0.39, 0.29) is 5.56 Å². The SMILES string of the molecule is Cc1cc(N(C)C2CCN(CCn3ccccc3=O)CC2)ncn1. The predicted octanol–water partition coefficient (Wildman–Crippen LogP) is 1.55. The highest BCUT2D eigenvalue weighted by atomic mass is 16.1. The molecular formula is C18H25N5O. The largest absolute Gasteiger partial charge is 0.356 e. The van der Waals surface area contributed by atoms with Gasteiger partial charge in [0.15, 0.2) is 0 Å². The van der Waals surface area contributed by atoms with Crippen LogP contribution in [0, 0.1) is 6.92 Å². The molecule has 1 saturated heterocycles. The summed E-state index contributed by atoms with van der Waals surface area (Å²) in [6.45, 7) is 5.78. The maximum absolute atomic E-state index is 11.7. The summed E-state index contributed by atoms with van der Waals surface area (Å²) in [5, 5.41) is 0. The lowest BCUT2D eigenvalue weighted by Crippen LogP contribution is -2.44. The molecule has 1 fully saturated rings. The summed E-state index contributed by atoms with van der Waals surface area (Å²) in [5.41, 5.74) is 1.07. The van der Waals surface area contributed by atoms with Crippen molar-refractivity contribution in [1.29, 1.82) is 0 Å². The van der Waals surface area contributed by atoms with Crippen LogP contribution in [0.25, 0.3) is 0 Å². The van der Waals surface area contributed by atoms with E-state index < -0.39 is 0 Å². The molecule has 2 aromatic heterocycles. The van der Waals surface area contributed by atoms with E-state index in [0.717, 1.165) is 50.5 Å². The maximum Gasteiger partial charge on any atom is 0.250 e. The van der Waals surface area contributed by atoms with Crippen molar-refractivity contribution >= 4 is 5.82 Å². The van der Waals surface area contributed by atoms with Crippen LogP contribution in [-0.2, 0) is 6.54 Å². The molecule has 6 nitrogen and oxygen atoms in total. The molecule has 0 amide bonds. The standard InChI is InChI=1S/C18H25N5O/c1-15-13-17(20-14-19-15)21(2)16-6-9-22(10-7-16)11-12-23-8-4-3-5-18(23)24/h3-5,8,13-14,16H,6-7,9-12H2,1-2H3. The molecule has 0 aromatic carbocycles. The number of aromatic nitrogens is 3. The van der Waals surface area contributed by atoms with E-state index in [9.17, 15) is 4.79 Å². The summed E-state index contributed by atoms with van der Waals surface area (Å²) in [7, 11) is 2.12. The van der Waals surface area contributed by atoms with Crippen LogP contribution in [0.1, 0.15) is 18.5 Å². The van der Waals surface area contributed by atoms with E-state index in [1.165, 1.54) is 0 Å². The van der Waals surface area contributed by atoms with Crippen molar-refractivity contribution in [3.05, 3.63) is 52.8 Å². The lowest BCUT2D eigenvalue weighted by atomic mass is 10.0. The Morgan fingerprint density at radius 2 is 2.00 bits per heavy atom. The second kappa shape index (κ2) is 7.57. The molecule has 24 heavy (non-hydrogen) atoms. The van der Waals surface area contributed by atoms with E-state index in [0.29, 0.717) is 6.04 Å². The first-order valence-corrected chi connectivity index (χ1v) is 8.53. The molecule has 0 unspecified atom stereocenters. The van der Waals surface area contributed by atoms with Crippen molar-refractivity contribution in [2.45, 2.75) is 32.4 Å². The fourth-order valence-electron chi connectivity index (χ4n) is 3.25. The van der Waals surface area contributed by atoms with E-state index >= 15 is 0 Å². The number of piperidine rings is 1. The van der Waals surface area contributed by atoms with Gasteiger partial charge < -0.3 is 14.4 Å². The number of hydrogen-bond donors (Lipinski definition) is 0. The summed E-state index contributed by atoms with van der Waals surface area (Å²) in [5.74, 6) is 0.997. The molecule has 0 saturated carbocycles. The number of aryl methyl sites for hydroxylation is 1. The van der Waals surface area contributed by atoms with Gasteiger partial charge in [0, 0.05) is 63.3 Å². The molecule has 1 aliphatic rings. The fourth-order valence-corrected chi connectivity index (χ4v) is 3.25. The van der Waals surface area contributed by atoms with Crippen LogP contribution in [0.2, 0.25) is 0 Å². The molecule has 2 aromatic rings. The van der Waals surface area contributed by atoms with Crippen LogP contribution in [0.4, 0.5) is 5.82 Å². The molecule has 0 atom stereocenters. The van der Waals surface area contributed by atoms with Gasteiger partial charge in [0.25, 0.3) is 5.56 Å². The first-order valence-electron chi connectivity index (χ1n) is 8.53. The van der Waals surface area contributed by atoms with E-state index in [2.05, 4.69) is 26.8 Å². The summed E-state index contributed by atoms with van der Waals surface area (Å²) >= 11 is 0. The second-order valence-corrected chi connectivity index (χ2v) is 6.43. The molecule has 0 bridgehead atoms. The Morgan fingerprint density at radius 1 is 1.21 bits per heavy atom. The van der Waals surface area contributed by atoms with Gasteiger partial charge in [-0.05, 0) is 25.8 Å². The summed E-state index contributed by atoms with van der Waals surface area (Å²) in [4.78, 5) is 25.0. The Bertz CT molecular complexity index is 721. The van der Waals surface area contributed by atoms with Gasteiger partial charge in [-0.15, -0.1) is 0 Å². The van der Waals surface area contributed by atoms with Gasteiger partial charge in [-0.2, -0.15) is 0 Å². The van der Waals surface area contributed by atoms with E-state index in [4.69, 9.17) is 0 Å².